The summed E-state index contributed by atoms with van der Waals surface area (Å²) in [7, 11) is 0. The average molecular weight is 213 g/mol. The molecule has 3 N–H and O–H groups in total. The Balaban J connectivity index is 2.01. The molecule has 1 aliphatic carbocycles. The van der Waals surface area contributed by atoms with E-state index in [-0.39, 0.29) is 5.91 Å². The molecule has 0 aromatic rings. The third-order valence-corrected chi connectivity index (χ3v) is 2.80. The van der Waals surface area contributed by atoms with Crippen LogP contribution in [0.25, 0.3) is 0 Å². The predicted molar refractivity (Wildman–Crippen MR) is 61.6 cm³/mol. The summed E-state index contributed by atoms with van der Waals surface area (Å²) in [5, 5.41) is 2.93. The van der Waals surface area contributed by atoms with Gasteiger partial charge < -0.3 is 11.1 Å². The van der Waals surface area contributed by atoms with Crippen LogP contribution >= 0.6 is 0 Å². The summed E-state index contributed by atoms with van der Waals surface area (Å²) in [6.45, 7) is 5.61. The van der Waals surface area contributed by atoms with Gasteiger partial charge in [0.05, 0.1) is 0 Å². The highest BCUT2D eigenvalue weighted by molar-refractivity contribution is 5.75. The third-order valence-electron chi connectivity index (χ3n) is 2.80. The highest BCUT2D eigenvalue weighted by atomic mass is 16.1. The van der Waals surface area contributed by atoms with Gasteiger partial charge >= 0.3 is 0 Å². The van der Waals surface area contributed by atoms with Gasteiger partial charge in [-0.05, 0) is 32.4 Å². The van der Waals surface area contributed by atoms with Gasteiger partial charge in [-0.1, -0.05) is 6.92 Å². The Labute approximate surface area is 92.2 Å². The Bertz CT molecular complexity index is 192. The minimum atomic E-state index is 0.132. The van der Waals surface area contributed by atoms with Crippen LogP contribution in [0.3, 0.4) is 0 Å². The Morgan fingerprint density at radius 2 is 2.27 bits per heavy atom. The van der Waals surface area contributed by atoms with Gasteiger partial charge in [-0.15, -0.1) is 0 Å². The lowest BCUT2D eigenvalue weighted by atomic mass is 10.3. The third kappa shape index (κ3) is 5.14. The van der Waals surface area contributed by atoms with Crippen LogP contribution in [0.4, 0.5) is 0 Å². The number of hydrogen-bond acceptors (Lipinski definition) is 3. The minimum absolute atomic E-state index is 0.132. The van der Waals surface area contributed by atoms with Gasteiger partial charge in [-0.25, -0.2) is 0 Å². The highest BCUT2D eigenvalue weighted by Crippen LogP contribution is 2.25. The molecule has 0 unspecified atom stereocenters. The van der Waals surface area contributed by atoms with Crippen molar-refractivity contribution in [1.29, 1.82) is 0 Å². The number of amides is 1. The van der Waals surface area contributed by atoms with Crippen molar-refractivity contribution in [2.45, 2.75) is 38.6 Å². The van der Waals surface area contributed by atoms with Gasteiger partial charge in [-0.3, -0.25) is 9.69 Å². The number of carbonyl (C=O) groups is 1. The first-order valence-corrected chi connectivity index (χ1v) is 5.98. The van der Waals surface area contributed by atoms with Crippen molar-refractivity contribution in [3.63, 3.8) is 0 Å². The van der Waals surface area contributed by atoms with E-state index in [0.717, 1.165) is 32.1 Å². The first-order valence-electron chi connectivity index (χ1n) is 5.98. The lowest BCUT2D eigenvalue weighted by molar-refractivity contribution is -0.121. The maximum absolute atomic E-state index is 11.3. The number of rotatable bonds is 8. The molecule has 0 aromatic heterocycles. The minimum Gasteiger partial charge on any atom is -0.355 e. The molecule has 0 bridgehead atoms. The summed E-state index contributed by atoms with van der Waals surface area (Å²) in [6, 6.07) is 0.788. The van der Waals surface area contributed by atoms with E-state index in [2.05, 4.69) is 17.1 Å². The topological polar surface area (TPSA) is 58.4 Å². The molecule has 1 saturated carbocycles. The second-order valence-corrected chi connectivity index (χ2v) is 4.10. The molecule has 0 saturated heterocycles. The number of carbonyl (C=O) groups excluding carboxylic acids is 1. The molecule has 15 heavy (non-hydrogen) atoms. The molecule has 0 aliphatic heterocycles. The first-order chi connectivity index (χ1) is 7.27. The summed E-state index contributed by atoms with van der Waals surface area (Å²) in [5.41, 5.74) is 5.33. The van der Waals surface area contributed by atoms with Crippen molar-refractivity contribution in [3.05, 3.63) is 0 Å². The van der Waals surface area contributed by atoms with Crippen LogP contribution in [0.5, 0.6) is 0 Å². The van der Waals surface area contributed by atoms with Crippen LogP contribution < -0.4 is 11.1 Å². The van der Waals surface area contributed by atoms with Gasteiger partial charge in [0.1, 0.15) is 0 Å². The van der Waals surface area contributed by atoms with Crippen molar-refractivity contribution in [1.82, 2.24) is 10.2 Å². The largest absolute Gasteiger partial charge is 0.355 e. The summed E-state index contributed by atoms with van der Waals surface area (Å²) >= 11 is 0. The van der Waals surface area contributed by atoms with E-state index in [1.807, 2.05) is 0 Å². The lowest BCUT2D eigenvalue weighted by Crippen LogP contribution is -2.36. The van der Waals surface area contributed by atoms with Crippen LogP contribution in [0.1, 0.15) is 32.6 Å². The van der Waals surface area contributed by atoms with E-state index in [9.17, 15) is 4.79 Å². The zero-order chi connectivity index (χ0) is 11.1. The number of nitrogens with two attached hydrogens (primary N) is 1. The molecule has 0 spiro atoms. The second-order valence-electron chi connectivity index (χ2n) is 4.10. The fraction of sp³-hybridized carbons (Fsp3) is 0.909. The number of nitrogens with zero attached hydrogens (tertiary/aromatic N) is 1. The number of likely N-dealkylation sites (N-methyl/N-ethyl adjacent to an activating group) is 1. The maximum Gasteiger partial charge on any atom is 0.220 e. The molecular formula is C11H23N3O. The van der Waals surface area contributed by atoms with E-state index in [0.29, 0.717) is 13.0 Å². The highest BCUT2D eigenvalue weighted by Gasteiger charge is 2.27. The smallest absolute Gasteiger partial charge is 0.220 e. The molecule has 0 atom stereocenters. The molecule has 1 aliphatic rings. The van der Waals surface area contributed by atoms with Crippen molar-refractivity contribution in [2.24, 2.45) is 5.73 Å². The zero-order valence-electron chi connectivity index (χ0n) is 9.67. The standard InChI is InChI=1S/C11H23N3O/c1-2-14(10-5-6-10)9-8-13-11(15)4-3-7-12/h10H,2-9,12H2,1H3,(H,13,15). The van der Waals surface area contributed by atoms with Crippen molar-refractivity contribution >= 4 is 5.91 Å². The van der Waals surface area contributed by atoms with Gasteiger partial charge in [0.15, 0.2) is 0 Å². The van der Waals surface area contributed by atoms with Crippen LogP contribution in [0.15, 0.2) is 0 Å². The molecule has 0 aromatic carbocycles. The molecule has 0 heterocycles. The number of nitrogens with one attached hydrogen (secondary N) is 1. The van der Waals surface area contributed by atoms with Crippen LogP contribution in [-0.4, -0.2) is 43.0 Å². The van der Waals surface area contributed by atoms with Crippen LogP contribution in [-0.2, 0) is 4.79 Å². The predicted octanol–water partition coefficient (Wildman–Crippen LogP) is 0.326. The Morgan fingerprint density at radius 1 is 1.53 bits per heavy atom. The fourth-order valence-corrected chi connectivity index (χ4v) is 1.73. The molecular weight excluding hydrogens is 190 g/mol. The van der Waals surface area contributed by atoms with E-state index < -0.39 is 0 Å². The molecule has 1 rings (SSSR count). The normalized spacial score (nSPS) is 15.7. The Morgan fingerprint density at radius 3 is 2.80 bits per heavy atom. The zero-order valence-corrected chi connectivity index (χ0v) is 9.67. The molecule has 4 nitrogen and oxygen atoms in total. The molecule has 88 valence electrons. The summed E-state index contributed by atoms with van der Waals surface area (Å²) in [5.74, 6) is 0.132. The Hall–Kier alpha value is -0.610. The van der Waals surface area contributed by atoms with Crippen LogP contribution in [0, 0.1) is 0 Å². The quantitative estimate of drug-likeness (QED) is 0.611. The summed E-state index contributed by atoms with van der Waals surface area (Å²) < 4.78 is 0. The molecule has 1 fully saturated rings. The van der Waals surface area contributed by atoms with Crippen LogP contribution in [0.2, 0.25) is 0 Å². The summed E-state index contributed by atoms with van der Waals surface area (Å²) in [6.07, 6.45) is 4.00. The second kappa shape index (κ2) is 6.80. The van der Waals surface area contributed by atoms with Gasteiger partial charge in [0, 0.05) is 25.6 Å². The van der Waals surface area contributed by atoms with E-state index in [1.54, 1.807) is 0 Å². The fourth-order valence-electron chi connectivity index (χ4n) is 1.73. The van der Waals surface area contributed by atoms with E-state index in [1.165, 1.54) is 12.8 Å². The maximum atomic E-state index is 11.3. The van der Waals surface area contributed by atoms with E-state index in [4.69, 9.17) is 5.73 Å². The molecule has 0 radical (unpaired) electrons. The van der Waals surface area contributed by atoms with Gasteiger partial charge in [0.2, 0.25) is 5.91 Å². The van der Waals surface area contributed by atoms with Gasteiger partial charge in [-0.2, -0.15) is 0 Å². The summed E-state index contributed by atoms with van der Waals surface area (Å²) in [4.78, 5) is 13.7. The average Bonchev–Trinajstić information content (AvgIpc) is 3.05. The number of hydrogen-bond donors (Lipinski definition) is 2. The Kier molecular flexibility index (Phi) is 5.65. The molecule has 4 heteroatoms. The lowest BCUT2D eigenvalue weighted by Gasteiger charge is -2.19. The monoisotopic (exact) mass is 213 g/mol. The molecule has 1 amide bonds. The van der Waals surface area contributed by atoms with E-state index >= 15 is 0 Å². The van der Waals surface area contributed by atoms with Gasteiger partial charge in [0.25, 0.3) is 0 Å². The SMILES string of the molecule is CCN(CCNC(=O)CCCN)C1CC1. The van der Waals surface area contributed by atoms with Crippen molar-refractivity contribution in [3.8, 4) is 0 Å². The van der Waals surface area contributed by atoms with Crippen molar-refractivity contribution < 1.29 is 4.79 Å². The van der Waals surface area contributed by atoms with Crippen molar-refractivity contribution in [2.75, 3.05) is 26.2 Å². The first kappa shape index (κ1) is 12.5.